The number of hydrogen-bond acceptors (Lipinski definition) is 4. The molecular weight excluding hydrogens is 288 g/mol. The number of amides is 1. The van der Waals surface area contributed by atoms with E-state index in [2.05, 4.69) is 10.3 Å². The lowest BCUT2D eigenvalue weighted by Gasteiger charge is -2.08. The first-order valence-electron chi connectivity index (χ1n) is 6.61. The Hall–Kier alpha value is -2.21. The molecule has 0 aliphatic carbocycles. The summed E-state index contributed by atoms with van der Waals surface area (Å²) in [5, 5.41) is 13.9. The van der Waals surface area contributed by atoms with Crippen LogP contribution in [-0.2, 0) is 28.9 Å². The largest absolute Gasteiger partial charge is 0.481 e. The van der Waals surface area contributed by atoms with Gasteiger partial charge in [0.2, 0.25) is 5.91 Å². The Morgan fingerprint density at radius 3 is 2.76 bits per heavy atom. The van der Waals surface area contributed by atoms with Crippen LogP contribution in [-0.4, -0.2) is 22.0 Å². The molecule has 2 aromatic rings. The second-order valence-corrected chi connectivity index (χ2v) is 5.48. The number of nitrogens with zero attached hydrogens (tertiary/aromatic N) is 1. The van der Waals surface area contributed by atoms with E-state index in [1.165, 1.54) is 11.3 Å². The number of nitrogens with one attached hydrogen (secondary N) is 1. The number of anilines is 1. The predicted molar refractivity (Wildman–Crippen MR) is 81.6 cm³/mol. The lowest BCUT2D eigenvalue weighted by atomic mass is 10.1. The van der Waals surface area contributed by atoms with Gasteiger partial charge in [0.05, 0.1) is 18.5 Å². The maximum Gasteiger partial charge on any atom is 0.309 e. The van der Waals surface area contributed by atoms with Gasteiger partial charge >= 0.3 is 5.97 Å². The van der Waals surface area contributed by atoms with Crippen LogP contribution in [0.3, 0.4) is 0 Å². The molecular formula is C15H16N2O3S. The van der Waals surface area contributed by atoms with E-state index in [0.717, 1.165) is 17.7 Å². The first-order valence-corrected chi connectivity index (χ1v) is 7.49. The molecule has 0 saturated heterocycles. The lowest BCUT2D eigenvalue weighted by Crippen LogP contribution is -2.15. The first-order chi connectivity index (χ1) is 10.1. The number of carbonyl (C=O) groups excluding carboxylic acids is 1. The maximum atomic E-state index is 12.0. The van der Waals surface area contributed by atoms with Crippen LogP contribution >= 0.6 is 11.3 Å². The minimum absolute atomic E-state index is 0.114. The van der Waals surface area contributed by atoms with E-state index < -0.39 is 5.97 Å². The van der Waals surface area contributed by atoms with Crippen LogP contribution in [0.4, 0.5) is 5.69 Å². The fraction of sp³-hybridized carbons (Fsp3) is 0.267. The molecule has 0 fully saturated rings. The summed E-state index contributed by atoms with van der Waals surface area (Å²) in [7, 11) is 0. The van der Waals surface area contributed by atoms with Gasteiger partial charge in [-0.25, -0.2) is 4.98 Å². The Bertz CT molecular complexity index is 652. The van der Waals surface area contributed by atoms with E-state index in [9.17, 15) is 9.59 Å². The van der Waals surface area contributed by atoms with Crippen LogP contribution in [0, 0.1) is 0 Å². The molecule has 1 amide bonds. The van der Waals surface area contributed by atoms with Crippen molar-refractivity contribution in [3.8, 4) is 0 Å². The van der Waals surface area contributed by atoms with Crippen molar-refractivity contribution in [3.63, 3.8) is 0 Å². The minimum atomic E-state index is -0.923. The summed E-state index contributed by atoms with van der Waals surface area (Å²) in [4.78, 5) is 26.8. The molecule has 110 valence electrons. The molecule has 0 aliphatic heterocycles. The molecule has 0 atom stereocenters. The van der Waals surface area contributed by atoms with Crippen LogP contribution in [0.1, 0.15) is 23.2 Å². The number of aromatic nitrogens is 1. The molecule has 0 spiro atoms. The first kappa shape index (κ1) is 15.2. The Morgan fingerprint density at radius 1 is 1.29 bits per heavy atom. The molecule has 1 heterocycles. The summed E-state index contributed by atoms with van der Waals surface area (Å²) < 4.78 is 0. The summed E-state index contributed by atoms with van der Waals surface area (Å²) in [6.45, 7) is 2.03. The molecule has 6 heteroatoms. The maximum absolute atomic E-state index is 12.0. The quantitative estimate of drug-likeness (QED) is 0.859. The third kappa shape index (κ3) is 4.39. The third-order valence-corrected chi connectivity index (χ3v) is 3.81. The van der Waals surface area contributed by atoms with Gasteiger partial charge in [0, 0.05) is 11.1 Å². The van der Waals surface area contributed by atoms with Crippen LogP contribution in [0.5, 0.6) is 0 Å². The van der Waals surface area contributed by atoms with Crippen LogP contribution in [0.25, 0.3) is 0 Å². The average molecular weight is 304 g/mol. The van der Waals surface area contributed by atoms with Gasteiger partial charge in [0.1, 0.15) is 5.01 Å². The van der Waals surface area contributed by atoms with E-state index in [4.69, 9.17) is 5.11 Å². The normalized spacial score (nSPS) is 10.3. The molecule has 0 bridgehead atoms. The number of aryl methyl sites for hydroxylation is 1. The summed E-state index contributed by atoms with van der Waals surface area (Å²) in [6, 6.07) is 7.66. The second kappa shape index (κ2) is 6.99. The van der Waals surface area contributed by atoms with Crippen LogP contribution in [0.2, 0.25) is 0 Å². The van der Waals surface area contributed by atoms with E-state index in [0.29, 0.717) is 10.7 Å². The number of hydrogen-bond donors (Lipinski definition) is 2. The van der Waals surface area contributed by atoms with Gasteiger partial charge in [-0.05, 0) is 18.1 Å². The number of aliphatic carboxylic acids is 1. The van der Waals surface area contributed by atoms with Gasteiger partial charge in [0.25, 0.3) is 0 Å². The Labute approximate surface area is 126 Å². The molecule has 5 nitrogen and oxygen atoms in total. The highest BCUT2D eigenvalue weighted by atomic mass is 32.1. The smallest absolute Gasteiger partial charge is 0.309 e. The average Bonchev–Trinajstić information content (AvgIpc) is 2.85. The Balaban J connectivity index is 1.98. The number of benzene rings is 1. The topological polar surface area (TPSA) is 79.3 Å². The lowest BCUT2D eigenvalue weighted by molar-refractivity contribution is -0.136. The molecule has 2 rings (SSSR count). The van der Waals surface area contributed by atoms with Gasteiger partial charge in [-0.15, -0.1) is 11.3 Å². The number of rotatable bonds is 6. The molecule has 2 N–H and O–H groups in total. The molecule has 0 unspecified atom stereocenters. The molecule has 1 aromatic heterocycles. The summed E-state index contributed by atoms with van der Waals surface area (Å²) in [6.07, 6.45) is 0.885. The van der Waals surface area contributed by atoms with Gasteiger partial charge in [0.15, 0.2) is 0 Å². The molecule has 21 heavy (non-hydrogen) atoms. The highest BCUT2D eigenvalue weighted by Crippen LogP contribution is 2.17. The van der Waals surface area contributed by atoms with Crippen molar-refractivity contribution in [3.05, 3.63) is 45.9 Å². The number of para-hydroxylation sites is 1. The van der Waals surface area contributed by atoms with E-state index in [1.54, 1.807) is 5.38 Å². The number of carboxylic acids is 1. The highest BCUT2D eigenvalue weighted by molar-refractivity contribution is 7.09. The zero-order valence-corrected chi connectivity index (χ0v) is 12.4. The standard InChI is InChI=1S/C15H16N2O3S/c1-2-10-5-3-4-6-12(10)17-13(18)8-14-16-11(9-21-14)7-15(19)20/h3-6,9H,2,7-8H2,1H3,(H,17,18)(H,19,20). The second-order valence-electron chi connectivity index (χ2n) is 4.54. The number of thiazole rings is 1. The number of carboxylic acid groups (broad SMARTS) is 1. The monoisotopic (exact) mass is 304 g/mol. The molecule has 1 aromatic carbocycles. The van der Waals surface area contributed by atoms with E-state index in [1.807, 2.05) is 31.2 Å². The fourth-order valence-corrected chi connectivity index (χ4v) is 2.74. The van der Waals surface area contributed by atoms with Crippen molar-refractivity contribution in [2.75, 3.05) is 5.32 Å². The van der Waals surface area contributed by atoms with Crippen molar-refractivity contribution < 1.29 is 14.7 Å². The zero-order chi connectivity index (χ0) is 15.2. The molecule has 0 saturated carbocycles. The molecule has 0 aliphatic rings. The summed E-state index contributed by atoms with van der Waals surface area (Å²) >= 11 is 1.31. The Kier molecular flexibility index (Phi) is 5.05. The number of carbonyl (C=O) groups is 2. The van der Waals surface area contributed by atoms with E-state index in [-0.39, 0.29) is 18.7 Å². The van der Waals surface area contributed by atoms with E-state index >= 15 is 0 Å². The van der Waals surface area contributed by atoms with Gasteiger partial charge in [-0.1, -0.05) is 25.1 Å². The van der Waals surface area contributed by atoms with Crippen LogP contribution in [0.15, 0.2) is 29.6 Å². The van der Waals surface area contributed by atoms with Gasteiger partial charge in [-0.3, -0.25) is 9.59 Å². The third-order valence-electron chi connectivity index (χ3n) is 2.92. The summed E-state index contributed by atoms with van der Waals surface area (Å²) in [5.41, 5.74) is 2.38. The SMILES string of the molecule is CCc1ccccc1NC(=O)Cc1nc(CC(=O)O)cs1. The predicted octanol–water partition coefficient (Wildman–Crippen LogP) is 2.51. The van der Waals surface area contributed by atoms with Crippen molar-refractivity contribution in [2.24, 2.45) is 0 Å². The summed E-state index contributed by atoms with van der Waals surface area (Å²) in [5.74, 6) is -1.07. The molecule has 0 radical (unpaired) electrons. The van der Waals surface area contributed by atoms with Crippen molar-refractivity contribution in [1.29, 1.82) is 0 Å². The van der Waals surface area contributed by atoms with Gasteiger partial charge in [-0.2, -0.15) is 0 Å². The minimum Gasteiger partial charge on any atom is -0.481 e. The van der Waals surface area contributed by atoms with Crippen molar-refractivity contribution in [1.82, 2.24) is 4.98 Å². The zero-order valence-electron chi connectivity index (χ0n) is 11.6. The van der Waals surface area contributed by atoms with Gasteiger partial charge < -0.3 is 10.4 Å². The van der Waals surface area contributed by atoms with Crippen molar-refractivity contribution in [2.45, 2.75) is 26.2 Å². The van der Waals surface area contributed by atoms with Crippen molar-refractivity contribution >= 4 is 28.9 Å². The Morgan fingerprint density at radius 2 is 2.05 bits per heavy atom. The van der Waals surface area contributed by atoms with Crippen LogP contribution < -0.4 is 5.32 Å². The highest BCUT2D eigenvalue weighted by Gasteiger charge is 2.11. The fourth-order valence-electron chi connectivity index (χ4n) is 1.95.